The molecule has 82 valence electrons. The summed E-state index contributed by atoms with van der Waals surface area (Å²) >= 11 is 0. The summed E-state index contributed by atoms with van der Waals surface area (Å²) in [6, 6.07) is 0. The minimum Gasteiger partial charge on any atom is -0.357 e. The molecular formula is C7H13NO5S. The van der Waals surface area contributed by atoms with Crippen molar-refractivity contribution >= 4 is 16.3 Å². The molecule has 0 saturated carbocycles. The van der Waals surface area contributed by atoms with Crippen LogP contribution in [0, 0.1) is 0 Å². The van der Waals surface area contributed by atoms with Crippen molar-refractivity contribution in [1.82, 2.24) is 5.32 Å². The summed E-state index contributed by atoms with van der Waals surface area (Å²) in [5, 5.41) is 2.40. The van der Waals surface area contributed by atoms with E-state index in [2.05, 4.69) is 16.1 Å². The van der Waals surface area contributed by atoms with E-state index < -0.39 is 27.6 Å². The molecule has 0 spiro atoms. The number of nitrogens with one attached hydrogen (secondary N) is 1. The van der Waals surface area contributed by atoms with Gasteiger partial charge in [0.15, 0.2) is 0 Å². The van der Waals surface area contributed by atoms with E-state index in [0.717, 1.165) is 0 Å². The summed E-state index contributed by atoms with van der Waals surface area (Å²) in [6.45, 7) is 8.15. The van der Waals surface area contributed by atoms with E-state index in [1.54, 1.807) is 20.8 Å². The van der Waals surface area contributed by atoms with Gasteiger partial charge in [0, 0.05) is 5.54 Å². The van der Waals surface area contributed by atoms with Crippen LogP contribution in [0.2, 0.25) is 0 Å². The summed E-state index contributed by atoms with van der Waals surface area (Å²) in [6.07, 6.45) is 0. The molecule has 1 amide bonds. The Labute approximate surface area is 82.9 Å². The van der Waals surface area contributed by atoms with Gasteiger partial charge in [-0.15, -0.1) is 0 Å². The van der Waals surface area contributed by atoms with Crippen LogP contribution in [0.1, 0.15) is 20.8 Å². The molecular weight excluding hydrogens is 210 g/mol. The second-order valence-corrected chi connectivity index (χ2v) is 4.66. The van der Waals surface area contributed by atoms with Crippen molar-refractivity contribution in [2.24, 2.45) is 0 Å². The van der Waals surface area contributed by atoms with Crippen molar-refractivity contribution in [3.63, 3.8) is 0 Å². The molecule has 0 heterocycles. The highest BCUT2D eigenvalue weighted by Gasteiger charge is 2.20. The summed E-state index contributed by atoms with van der Waals surface area (Å²) in [5.74, 6) is -1.47. The van der Waals surface area contributed by atoms with Crippen LogP contribution < -0.4 is 5.32 Å². The number of rotatable bonds is 3. The third kappa shape index (κ3) is 6.44. The molecule has 0 fully saturated rings. The Bertz CT molecular complexity index is 338. The zero-order valence-corrected chi connectivity index (χ0v) is 9.01. The zero-order valence-electron chi connectivity index (χ0n) is 8.20. The standard InChI is InChI=1S/C7H13NO5S/c1-5(13-14(10,11)12)6(9)8-7(2,3)4/h1H2,2-4H3,(H,8,9)(H,10,11,12). The molecule has 0 saturated heterocycles. The fourth-order valence-corrected chi connectivity index (χ4v) is 0.905. The minimum atomic E-state index is -4.68. The van der Waals surface area contributed by atoms with Gasteiger partial charge in [0.25, 0.3) is 5.91 Å². The molecule has 0 aromatic rings. The second-order valence-electron chi connectivity index (χ2n) is 3.64. The SMILES string of the molecule is C=C(OS(=O)(=O)O)C(=O)NC(C)(C)C. The van der Waals surface area contributed by atoms with Gasteiger partial charge in [-0.05, 0) is 27.4 Å². The van der Waals surface area contributed by atoms with Crippen molar-refractivity contribution in [2.45, 2.75) is 26.3 Å². The number of carbonyl (C=O) groups is 1. The van der Waals surface area contributed by atoms with E-state index in [1.165, 1.54) is 0 Å². The molecule has 0 aliphatic heterocycles. The smallest absolute Gasteiger partial charge is 0.357 e. The van der Waals surface area contributed by atoms with Gasteiger partial charge in [-0.1, -0.05) is 0 Å². The monoisotopic (exact) mass is 223 g/mol. The van der Waals surface area contributed by atoms with E-state index in [0.29, 0.717) is 0 Å². The lowest BCUT2D eigenvalue weighted by Crippen LogP contribution is -2.41. The molecule has 0 radical (unpaired) electrons. The fourth-order valence-electron chi connectivity index (χ4n) is 0.575. The third-order valence-corrected chi connectivity index (χ3v) is 1.36. The summed E-state index contributed by atoms with van der Waals surface area (Å²) in [5.41, 5.74) is -0.539. The molecule has 2 N–H and O–H groups in total. The fraction of sp³-hybridized carbons (Fsp3) is 0.571. The average Bonchev–Trinajstić information content (AvgIpc) is 1.78. The number of hydrogen-bond acceptors (Lipinski definition) is 4. The van der Waals surface area contributed by atoms with Crippen molar-refractivity contribution in [3.8, 4) is 0 Å². The van der Waals surface area contributed by atoms with Crippen LogP contribution in [-0.4, -0.2) is 24.4 Å². The Morgan fingerprint density at radius 3 is 2.14 bits per heavy atom. The van der Waals surface area contributed by atoms with Gasteiger partial charge < -0.3 is 9.50 Å². The van der Waals surface area contributed by atoms with Gasteiger partial charge in [0.1, 0.15) is 0 Å². The van der Waals surface area contributed by atoms with Crippen LogP contribution in [0.25, 0.3) is 0 Å². The summed E-state index contributed by atoms with van der Waals surface area (Å²) < 4.78 is 32.5. The minimum absolute atomic E-state index is 0.539. The van der Waals surface area contributed by atoms with Gasteiger partial charge in [0.05, 0.1) is 0 Å². The lowest BCUT2D eigenvalue weighted by Gasteiger charge is -2.20. The van der Waals surface area contributed by atoms with Crippen LogP contribution in [0.5, 0.6) is 0 Å². The lowest BCUT2D eigenvalue weighted by atomic mass is 10.1. The predicted octanol–water partition coefficient (Wildman–Crippen LogP) is 0.234. The van der Waals surface area contributed by atoms with Crippen LogP contribution >= 0.6 is 0 Å². The van der Waals surface area contributed by atoms with Crippen molar-refractivity contribution in [1.29, 1.82) is 0 Å². The molecule has 0 rings (SSSR count). The maximum Gasteiger partial charge on any atom is 0.446 e. The quantitative estimate of drug-likeness (QED) is 0.406. The Morgan fingerprint density at radius 2 is 1.86 bits per heavy atom. The molecule has 7 heteroatoms. The van der Waals surface area contributed by atoms with Gasteiger partial charge in [0.2, 0.25) is 5.76 Å². The molecule has 6 nitrogen and oxygen atoms in total. The first kappa shape index (κ1) is 12.9. The van der Waals surface area contributed by atoms with E-state index in [1.807, 2.05) is 0 Å². The molecule has 0 aromatic carbocycles. The largest absolute Gasteiger partial charge is 0.446 e. The number of hydrogen-bond donors (Lipinski definition) is 2. The predicted molar refractivity (Wildman–Crippen MR) is 49.7 cm³/mol. The Hall–Kier alpha value is -1.08. The van der Waals surface area contributed by atoms with E-state index >= 15 is 0 Å². The van der Waals surface area contributed by atoms with Crippen LogP contribution in [0.3, 0.4) is 0 Å². The number of carbonyl (C=O) groups excluding carboxylic acids is 1. The topological polar surface area (TPSA) is 92.7 Å². The Balaban J connectivity index is 4.37. The summed E-state index contributed by atoms with van der Waals surface area (Å²) in [4.78, 5) is 11.1. The van der Waals surface area contributed by atoms with Gasteiger partial charge in [-0.3, -0.25) is 9.35 Å². The van der Waals surface area contributed by atoms with Gasteiger partial charge in [-0.25, -0.2) is 0 Å². The van der Waals surface area contributed by atoms with Gasteiger partial charge >= 0.3 is 10.4 Å². The average molecular weight is 223 g/mol. The molecule has 0 aromatic heterocycles. The second kappa shape index (κ2) is 3.97. The normalized spacial score (nSPS) is 12.0. The van der Waals surface area contributed by atoms with E-state index in [-0.39, 0.29) is 0 Å². The van der Waals surface area contributed by atoms with Crippen LogP contribution in [0.4, 0.5) is 0 Å². The highest BCUT2D eigenvalue weighted by molar-refractivity contribution is 7.81. The van der Waals surface area contributed by atoms with Crippen LogP contribution in [-0.2, 0) is 19.4 Å². The Kier molecular flexibility index (Phi) is 3.66. The third-order valence-electron chi connectivity index (χ3n) is 0.948. The van der Waals surface area contributed by atoms with Crippen molar-refractivity contribution < 1.29 is 21.9 Å². The molecule has 0 aliphatic rings. The van der Waals surface area contributed by atoms with E-state index in [4.69, 9.17) is 4.55 Å². The first-order valence-corrected chi connectivity index (χ1v) is 5.06. The molecule has 0 unspecified atom stereocenters. The highest BCUT2D eigenvalue weighted by Crippen LogP contribution is 2.04. The Morgan fingerprint density at radius 1 is 1.43 bits per heavy atom. The van der Waals surface area contributed by atoms with Gasteiger partial charge in [-0.2, -0.15) is 8.42 Å². The first-order valence-electron chi connectivity index (χ1n) is 3.69. The van der Waals surface area contributed by atoms with Crippen LogP contribution in [0.15, 0.2) is 12.3 Å². The zero-order chi connectivity index (χ0) is 11.6. The summed E-state index contributed by atoms with van der Waals surface area (Å²) in [7, 11) is -4.68. The molecule has 0 bridgehead atoms. The maximum atomic E-state index is 11.1. The first-order chi connectivity index (χ1) is 6.01. The molecule has 0 atom stereocenters. The van der Waals surface area contributed by atoms with E-state index in [9.17, 15) is 13.2 Å². The maximum absolute atomic E-state index is 11.1. The number of amides is 1. The lowest BCUT2D eigenvalue weighted by molar-refractivity contribution is -0.120. The van der Waals surface area contributed by atoms with Crippen molar-refractivity contribution in [3.05, 3.63) is 12.3 Å². The molecule has 0 aliphatic carbocycles. The highest BCUT2D eigenvalue weighted by atomic mass is 32.3. The molecule has 14 heavy (non-hydrogen) atoms. The van der Waals surface area contributed by atoms with Crippen molar-refractivity contribution in [2.75, 3.05) is 0 Å².